The van der Waals surface area contributed by atoms with E-state index in [9.17, 15) is 0 Å². The molecule has 1 unspecified atom stereocenters. The molecule has 0 nitrogen and oxygen atoms in total. The first-order valence-corrected chi connectivity index (χ1v) is 7.20. The summed E-state index contributed by atoms with van der Waals surface area (Å²) in [4.78, 5) is 0. The Bertz CT molecular complexity index is 195. The summed E-state index contributed by atoms with van der Waals surface area (Å²) in [6.45, 7) is 14.5. The van der Waals surface area contributed by atoms with Crippen LogP contribution in [0.25, 0.3) is 0 Å². The van der Waals surface area contributed by atoms with Crippen molar-refractivity contribution >= 4 is 0 Å². The van der Waals surface area contributed by atoms with E-state index in [4.69, 9.17) is 0 Å². The van der Waals surface area contributed by atoms with Crippen molar-refractivity contribution in [1.29, 1.82) is 0 Å². The molecule has 0 saturated heterocycles. The minimum atomic E-state index is 0.481. The molecule has 0 aliphatic heterocycles. The first-order chi connectivity index (χ1) is 7.20. The van der Waals surface area contributed by atoms with Crippen LogP contribution in [0.5, 0.6) is 0 Å². The van der Waals surface area contributed by atoms with Crippen LogP contribution < -0.4 is 0 Å². The van der Waals surface area contributed by atoms with E-state index in [2.05, 4.69) is 41.5 Å². The van der Waals surface area contributed by atoms with Crippen LogP contribution in [-0.2, 0) is 0 Å². The summed E-state index contributed by atoms with van der Waals surface area (Å²) in [6.07, 6.45) is 8.78. The van der Waals surface area contributed by atoms with Gasteiger partial charge in [0, 0.05) is 0 Å². The predicted molar refractivity (Wildman–Crippen MR) is 73.6 cm³/mol. The van der Waals surface area contributed by atoms with Crippen molar-refractivity contribution < 1.29 is 0 Å². The van der Waals surface area contributed by atoms with Crippen LogP contribution in [0.15, 0.2) is 0 Å². The Morgan fingerprint density at radius 1 is 0.875 bits per heavy atom. The van der Waals surface area contributed by atoms with Crippen LogP contribution in [0.4, 0.5) is 0 Å². The van der Waals surface area contributed by atoms with Crippen molar-refractivity contribution in [2.75, 3.05) is 0 Å². The van der Waals surface area contributed by atoms with Gasteiger partial charge in [-0.05, 0) is 29.1 Å². The summed E-state index contributed by atoms with van der Waals surface area (Å²) in [5.41, 5.74) is 0.963. The Morgan fingerprint density at radius 2 is 1.38 bits per heavy atom. The predicted octanol–water partition coefficient (Wildman–Crippen LogP) is 5.67. The second-order valence-corrected chi connectivity index (χ2v) is 8.14. The molecule has 1 aliphatic rings. The van der Waals surface area contributed by atoms with Crippen LogP contribution in [0.3, 0.4) is 0 Å². The summed E-state index contributed by atoms with van der Waals surface area (Å²) in [5.74, 6) is 1.90. The van der Waals surface area contributed by atoms with Crippen molar-refractivity contribution in [2.24, 2.45) is 22.7 Å². The van der Waals surface area contributed by atoms with Crippen LogP contribution in [0.2, 0.25) is 0 Å². The van der Waals surface area contributed by atoms with E-state index in [-0.39, 0.29) is 0 Å². The topological polar surface area (TPSA) is 0 Å². The van der Waals surface area contributed by atoms with Gasteiger partial charge in [-0.15, -0.1) is 0 Å². The summed E-state index contributed by atoms with van der Waals surface area (Å²) in [6, 6.07) is 0. The maximum Gasteiger partial charge on any atom is -0.0332 e. The van der Waals surface area contributed by atoms with Gasteiger partial charge >= 0.3 is 0 Å². The normalized spacial score (nSPS) is 22.1. The maximum atomic E-state index is 2.44. The fourth-order valence-electron chi connectivity index (χ4n) is 3.38. The molecule has 1 aliphatic carbocycles. The molecule has 16 heavy (non-hydrogen) atoms. The molecule has 1 fully saturated rings. The molecule has 0 heterocycles. The van der Waals surface area contributed by atoms with Crippen molar-refractivity contribution in [1.82, 2.24) is 0 Å². The first kappa shape index (κ1) is 14.1. The Hall–Kier alpha value is 0. The lowest BCUT2D eigenvalue weighted by Crippen LogP contribution is -2.33. The molecule has 0 aromatic heterocycles. The highest BCUT2D eigenvalue weighted by Crippen LogP contribution is 2.45. The molecule has 96 valence electrons. The maximum absolute atomic E-state index is 2.44. The molecule has 1 saturated carbocycles. The van der Waals surface area contributed by atoms with Crippen molar-refractivity contribution in [3.8, 4) is 0 Å². The fourth-order valence-corrected chi connectivity index (χ4v) is 3.38. The van der Waals surface area contributed by atoms with E-state index in [0.29, 0.717) is 10.8 Å². The first-order valence-electron chi connectivity index (χ1n) is 7.20. The van der Waals surface area contributed by atoms with Crippen molar-refractivity contribution in [3.63, 3.8) is 0 Å². The van der Waals surface area contributed by atoms with Crippen LogP contribution in [0, 0.1) is 22.7 Å². The molecule has 0 bridgehead atoms. The lowest BCUT2D eigenvalue weighted by atomic mass is 9.63. The zero-order valence-corrected chi connectivity index (χ0v) is 12.4. The van der Waals surface area contributed by atoms with Gasteiger partial charge in [0.2, 0.25) is 0 Å². The summed E-state index contributed by atoms with van der Waals surface area (Å²) >= 11 is 0. The molecule has 0 aromatic carbocycles. The third kappa shape index (κ3) is 4.47. The SMILES string of the molecule is CC(C)(C)CC(C1CCCCC1)C(C)(C)C. The standard InChI is InChI=1S/C16H32/c1-15(2,3)12-14(16(4,5)6)13-10-8-7-9-11-13/h13-14H,7-12H2,1-6H3. The lowest BCUT2D eigenvalue weighted by Gasteiger charge is -2.42. The fraction of sp³-hybridized carbons (Fsp3) is 1.00. The molecule has 1 rings (SSSR count). The highest BCUT2D eigenvalue weighted by Gasteiger charge is 2.35. The molecule has 0 radical (unpaired) electrons. The van der Waals surface area contributed by atoms with Gasteiger partial charge in [0.25, 0.3) is 0 Å². The number of hydrogen-bond donors (Lipinski definition) is 0. The average molecular weight is 224 g/mol. The second-order valence-electron chi connectivity index (χ2n) is 8.14. The van der Waals surface area contributed by atoms with Crippen molar-refractivity contribution in [2.45, 2.75) is 80.1 Å². The minimum absolute atomic E-state index is 0.481. The zero-order chi connectivity index (χ0) is 12.4. The Kier molecular flexibility index (Phi) is 4.49. The Labute approximate surface area is 103 Å². The highest BCUT2D eigenvalue weighted by atomic mass is 14.4. The van der Waals surface area contributed by atoms with Crippen LogP contribution in [0.1, 0.15) is 80.1 Å². The van der Waals surface area contributed by atoms with Gasteiger partial charge in [-0.3, -0.25) is 0 Å². The van der Waals surface area contributed by atoms with E-state index >= 15 is 0 Å². The van der Waals surface area contributed by atoms with E-state index in [1.54, 1.807) is 0 Å². The van der Waals surface area contributed by atoms with Gasteiger partial charge in [-0.25, -0.2) is 0 Å². The molecule has 0 amide bonds. The van der Waals surface area contributed by atoms with E-state index in [0.717, 1.165) is 11.8 Å². The van der Waals surface area contributed by atoms with Gasteiger partial charge in [0.15, 0.2) is 0 Å². The smallest absolute Gasteiger partial charge is 0.0332 e. The van der Waals surface area contributed by atoms with Crippen LogP contribution in [-0.4, -0.2) is 0 Å². The Morgan fingerprint density at radius 3 is 1.75 bits per heavy atom. The quantitative estimate of drug-likeness (QED) is 0.567. The van der Waals surface area contributed by atoms with E-state index in [1.807, 2.05) is 0 Å². The van der Waals surface area contributed by atoms with Gasteiger partial charge in [-0.2, -0.15) is 0 Å². The van der Waals surface area contributed by atoms with Gasteiger partial charge in [0.05, 0.1) is 0 Å². The highest BCUT2D eigenvalue weighted by molar-refractivity contribution is 4.85. The molecule has 1 atom stereocenters. The average Bonchev–Trinajstić information content (AvgIpc) is 2.13. The third-order valence-electron chi connectivity index (χ3n) is 4.16. The van der Waals surface area contributed by atoms with Crippen LogP contribution >= 0.6 is 0 Å². The van der Waals surface area contributed by atoms with Gasteiger partial charge in [-0.1, -0.05) is 73.6 Å². The summed E-state index contributed by atoms with van der Waals surface area (Å²) in [7, 11) is 0. The molecular weight excluding hydrogens is 192 g/mol. The third-order valence-corrected chi connectivity index (χ3v) is 4.16. The van der Waals surface area contributed by atoms with Gasteiger partial charge < -0.3 is 0 Å². The van der Waals surface area contributed by atoms with E-state index in [1.165, 1.54) is 38.5 Å². The monoisotopic (exact) mass is 224 g/mol. The second kappa shape index (κ2) is 5.10. The summed E-state index contributed by atoms with van der Waals surface area (Å²) < 4.78 is 0. The van der Waals surface area contributed by atoms with Gasteiger partial charge in [0.1, 0.15) is 0 Å². The largest absolute Gasteiger partial charge is 0.0602 e. The molecule has 0 spiro atoms. The Balaban J connectivity index is 2.70. The zero-order valence-electron chi connectivity index (χ0n) is 12.4. The summed E-state index contributed by atoms with van der Waals surface area (Å²) in [5, 5.41) is 0. The number of hydrogen-bond acceptors (Lipinski definition) is 0. The van der Waals surface area contributed by atoms with E-state index < -0.39 is 0 Å². The van der Waals surface area contributed by atoms with Crippen molar-refractivity contribution in [3.05, 3.63) is 0 Å². The number of rotatable bonds is 2. The molecule has 0 aromatic rings. The molecule has 0 heteroatoms. The lowest BCUT2D eigenvalue weighted by molar-refractivity contribution is 0.0801. The molecule has 0 N–H and O–H groups in total. The minimum Gasteiger partial charge on any atom is -0.0602 e. The molecular formula is C16H32.